The summed E-state index contributed by atoms with van der Waals surface area (Å²) in [7, 11) is -9.93. The molecule has 0 amide bonds. The second-order valence-corrected chi connectivity index (χ2v) is 35.1. The van der Waals surface area contributed by atoms with E-state index in [4.69, 9.17) is 37.0 Å². The van der Waals surface area contributed by atoms with Crippen molar-refractivity contribution in [2.24, 2.45) is 11.8 Å². The van der Waals surface area contributed by atoms with Gasteiger partial charge < -0.3 is 33.8 Å². The maximum absolute atomic E-state index is 13.2. The predicted molar refractivity (Wildman–Crippen MR) is 437 cm³/mol. The molecule has 0 aliphatic heterocycles. The van der Waals surface area contributed by atoms with Crippen LogP contribution < -0.4 is 0 Å². The summed E-state index contributed by atoms with van der Waals surface area (Å²) in [4.78, 5) is 73.3. The Kier molecular flexibility index (Phi) is 76.9. The van der Waals surface area contributed by atoms with Crippen LogP contribution in [0.1, 0.15) is 465 Å². The predicted octanol–water partition coefficient (Wildman–Crippen LogP) is 26.6. The van der Waals surface area contributed by atoms with Crippen molar-refractivity contribution >= 4 is 39.5 Å². The molecule has 0 aromatic rings. The molecule has 0 aromatic carbocycles. The van der Waals surface area contributed by atoms with Crippen LogP contribution in [0.15, 0.2) is 0 Å². The Bertz CT molecular complexity index is 2030. The van der Waals surface area contributed by atoms with Crippen molar-refractivity contribution in [3.63, 3.8) is 0 Å². The van der Waals surface area contributed by atoms with Crippen molar-refractivity contribution in [3.8, 4) is 0 Å². The van der Waals surface area contributed by atoms with Crippen LogP contribution in [0.5, 0.6) is 0 Å². The molecule has 0 spiro atoms. The molecule has 19 heteroatoms. The molecule has 0 saturated carbocycles. The van der Waals surface area contributed by atoms with Gasteiger partial charge in [-0.05, 0) is 37.5 Å². The third kappa shape index (κ3) is 80.1. The first kappa shape index (κ1) is 104. The Labute approximate surface area is 651 Å². The molecule has 0 rings (SSSR count). The molecule has 0 radical (unpaired) electrons. The minimum absolute atomic E-state index is 0.109. The minimum atomic E-state index is -4.97. The Morgan fingerprint density at radius 3 is 0.642 bits per heavy atom. The summed E-state index contributed by atoms with van der Waals surface area (Å²) < 4.78 is 69.0. The molecular formula is C87H170O17P2. The fourth-order valence-corrected chi connectivity index (χ4v) is 15.2. The van der Waals surface area contributed by atoms with Crippen molar-refractivity contribution in [2.75, 3.05) is 39.6 Å². The fourth-order valence-electron chi connectivity index (χ4n) is 13.6. The lowest BCUT2D eigenvalue weighted by Gasteiger charge is -2.21. The number of hydrogen-bond donors (Lipinski definition) is 3. The zero-order valence-electron chi connectivity index (χ0n) is 69.7. The molecule has 106 heavy (non-hydrogen) atoms. The number of ether oxygens (including phenoxy) is 4. The number of esters is 4. The van der Waals surface area contributed by atoms with Gasteiger partial charge in [0.2, 0.25) is 0 Å². The fraction of sp³-hybridized carbons (Fsp3) is 0.954. The highest BCUT2D eigenvalue weighted by molar-refractivity contribution is 7.47. The van der Waals surface area contributed by atoms with E-state index in [-0.39, 0.29) is 25.7 Å². The molecule has 0 aromatic heterocycles. The van der Waals surface area contributed by atoms with Crippen LogP contribution in [0.25, 0.3) is 0 Å². The highest BCUT2D eigenvalue weighted by atomic mass is 31.2. The highest BCUT2D eigenvalue weighted by Crippen LogP contribution is 2.45. The van der Waals surface area contributed by atoms with E-state index in [1.54, 1.807) is 0 Å². The first-order valence-electron chi connectivity index (χ1n) is 45.0. The van der Waals surface area contributed by atoms with E-state index < -0.39 is 97.5 Å². The average molecular weight is 1550 g/mol. The van der Waals surface area contributed by atoms with Crippen molar-refractivity contribution in [2.45, 2.75) is 484 Å². The summed E-state index contributed by atoms with van der Waals surface area (Å²) in [6.07, 6.45) is 70.7. The molecule has 3 N–H and O–H groups in total. The van der Waals surface area contributed by atoms with Crippen molar-refractivity contribution in [3.05, 3.63) is 0 Å². The van der Waals surface area contributed by atoms with Gasteiger partial charge in [0.05, 0.1) is 26.4 Å². The van der Waals surface area contributed by atoms with E-state index in [9.17, 15) is 43.2 Å². The number of phosphoric acid groups is 2. The molecule has 630 valence electrons. The molecule has 0 aliphatic rings. The largest absolute Gasteiger partial charge is 0.472 e. The quantitative estimate of drug-likeness (QED) is 0.0222. The van der Waals surface area contributed by atoms with Crippen LogP contribution in [-0.2, 0) is 65.4 Å². The van der Waals surface area contributed by atoms with Crippen LogP contribution in [0.4, 0.5) is 0 Å². The van der Waals surface area contributed by atoms with Crippen LogP contribution >= 0.6 is 15.6 Å². The maximum Gasteiger partial charge on any atom is 0.472 e. The maximum atomic E-state index is 13.2. The monoisotopic (exact) mass is 1550 g/mol. The number of unbranched alkanes of at least 4 members (excludes halogenated alkanes) is 56. The lowest BCUT2D eigenvalue weighted by atomic mass is 10.0. The van der Waals surface area contributed by atoms with Gasteiger partial charge in [-0.25, -0.2) is 9.13 Å². The van der Waals surface area contributed by atoms with E-state index >= 15 is 0 Å². The van der Waals surface area contributed by atoms with Crippen LogP contribution in [0.2, 0.25) is 0 Å². The molecule has 0 bridgehead atoms. The van der Waals surface area contributed by atoms with Crippen LogP contribution in [0, 0.1) is 11.8 Å². The molecule has 0 aliphatic carbocycles. The molecule has 0 heterocycles. The van der Waals surface area contributed by atoms with Gasteiger partial charge in [-0.15, -0.1) is 0 Å². The lowest BCUT2D eigenvalue weighted by Crippen LogP contribution is -2.30. The highest BCUT2D eigenvalue weighted by Gasteiger charge is 2.30. The number of carbonyl (C=O) groups excluding carboxylic acids is 4. The van der Waals surface area contributed by atoms with Gasteiger partial charge in [0, 0.05) is 25.7 Å². The summed E-state index contributed by atoms with van der Waals surface area (Å²) in [5.41, 5.74) is 0. The van der Waals surface area contributed by atoms with E-state index in [2.05, 4.69) is 41.5 Å². The second kappa shape index (κ2) is 78.3. The van der Waals surface area contributed by atoms with Gasteiger partial charge in [0.1, 0.15) is 19.3 Å². The van der Waals surface area contributed by atoms with E-state index in [1.165, 1.54) is 283 Å². The molecular weight excluding hydrogens is 1380 g/mol. The first-order chi connectivity index (χ1) is 51.4. The number of carbonyl (C=O) groups is 4. The number of rotatable bonds is 86. The van der Waals surface area contributed by atoms with E-state index in [0.29, 0.717) is 25.7 Å². The van der Waals surface area contributed by atoms with Crippen LogP contribution in [-0.4, -0.2) is 96.7 Å². The molecule has 0 saturated heterocycles. The number of phosphoric ester groups is 2. The normalized spacial score (nSPS) is 13.8. The zero-order valence-corrected chi connectivity index (χ0v) is 71.5. The van der Waals surface area contributed by atoms with E-state index in [1.807, 2.05) is 0 Å². The average Bonchev–Trinajstić information content (AvgIpc) is 0.895. The summed E-state index contributed by atoms with van der Waals surface area (Å²) in [6, 6.07) is 0. The smallest absolute Gasteiger partial charge is 0.462 e. The van der Waals surface area contributed by atoms with Crippen molar-refractivity contribution in [1.29, 1.82) is 0 Å². The molecule has 0 fully saturated rings. The van der Waals surface area contributed by atoms with Crippen LogP contribution in [0.3, 0.4) is 0 Å². The summed E-state index contributed by atoms with van der Waals surface area (Å²) >= 11 is 0. The topological polar surface area (TPSA) is 237 Å². The zero-order chi connectivity index (χ0) is 77.8. The molecule has 2 unspecified atom stereocenters. The van der Waals surface area contributed by atoms with Gasteiger partial charge in [-0.1, -0.05) is 414 Å². The Morgan fingerprint density at radius 2 is 0.434 bits per heavy atom. The Morgan fingerprint density at radius 1 is 0.255 bits per heavy atom. The molecule has 17 nitrogen and oxygen atoms in total. The van der Waals surface area contributed by atoms with Gasteiger partial charge >= 0.3 is 39.5 Å². The van der Waals surface area contributed by atoms with Crippen molar-refractivity contribution in [1.82, 2.24) is 0 Å². The van der Waals surface area contributed by atoms with Crippen molar-refractivity contribution < 1.29 is 80.2 Å². The minimum Gasteiger partial charge on any atom is -0.462 e. The number of hydrogen-bond acceptors (Lipinski definition) is 15. The summed E-state index contributed by atoms with van der Waals surface area (Å²) in [5.74, 6) is -0.483. The van der Waals surface area contributed by atoms with E-state index in [0.717, 1.165) is 102 Å². The van der Waals surface area contributed by atoms with Gasteiger partial charge in [0.25, 0.3) is 0 Å². The second-order valence-electron chi connectivity index (χ2n) is 32.2. The Hall–Kier alpha value is -1.94. The number of aliphatic hydroxyl groups is 1. The van der Waals surface area contributed by atoms with Gasteiger partial charge in [0.15, 0.2) is 12.2 Å². The molecule has 5 atom stereocenters. The standard InChI is InChI=1S/C87H170O17P2/c1-7-9-11-13-15-17-19-20-21-22-23-29-35-41-47-53-59-65-71-86(91)103-82(75-97-84(89)69-63-57-51-45-37-18-16-14-12-10-8-2)77-101-105(93,94)99-73-81(88)74-100-106(95,96)102-78-83(76-98-85(90)70-64-58-52-46-40-34-31-26-28-33-39-44-50-56-62-68-80(5)6)104-87(92)72-66-60-54-48-42-36-30-25-24-27-32-38-43-49-55-61-67-79(3)4/h79-83,88H,7-78H2,1-6H3,(H,93,94)(H,95,96)/t81-,82+,83+/m0/s1. The van der Waals surface area contributed by atoms with Gasteiger partial charge in [-0.3, -0.25) is 37.3 Å². The third-order valence-electron chi connectivity index (χ3n) is 20.5. The summed E-state index contributed by atoms with van der Waals surface area (Å²) in [5, 5.41) is 10.7. The van der Waals surface area contributed by atoms with Gasteiger partial charge in [-0.2, -0.15) is 0 Å². The third-order valence-corrected chi connectivity index (χ3v) is 22.4. The SMILES string of the molecule is CCCCCCCCCCCCCCCCCCCCC(=O)O[C@H](COC(=O)CCCCCCCCCCCCC)COP(=O)(O)OC[C@H](O)COP(=O)(O)OC[C@@H](COC(=O)CCCCCCCCCCCCCCCCCC(C)C)OC(=O)CCCCCCCCCCCCCCCCCCC(C)C. The Balaban J connectivity index is 5.24. The first-order valence-corrected chi connectivity index (χ1v) is 48.0. The number of aliphatic hydroxyl groups excluding tert-OH is 1. The summed E-state index contributed by atoms with van der Waals surface area (Å²) in [6.45, 7) is 9.74. The lowest BCUT2D eigenvalue weighted by molar-refractivity contribution is -0.161.